The molecule has 0 heterocycles. The monoisotopic (exact) mass is 360 g/mol. The standard InChI is InChI=1S/C19H36O6/c1-3-5-7-9-11-13-18(20)23-15-17(16-24-22)25-19(21)14-12-10-8-6-4-2/h17,22H,3-16H2,1-2H3. The Morgan fingerprint density at radius 1 is 0.760 bits per heavy atom. The molecule has 0 aromatic rings. The molecule has 1 atom stereocenters. The number of unbranched alkanes of at least 4 members (excludes halogenated alkanes) is 8. The molecule has 0 saturated heterocycles. The van der Waals surface area contributed by atoms with E-state index in [1.54, 1.807) is 0 Å². The fourth-order valence-electron chi connectivity index (χ4n) is 2.45. The summed E-state index contributed by atoms with van der Waals surface area (Å²) < 4.78 is 10.3. The SMILES string of the molecule is CCCCCCCC(=O)OCC(COO)OC(=O)CCCCCCC. The highest BCUT2D eigenvalue weighted by Crippen LogP contribution is 2.08. The van der Waals surface area contributed by atoms with Crippen LogP contribution in [0.1, 0.15) is 90.9 Å². The van der Waals surface area contributed by atoms with Crippen LogP contribution in [-0.4, -0.2) is 36.5 Å². The highest BCUT2D eigenvalue weighted by molar-refractivity contribution is 5.70. The normalized spacial score (nSPS) is 12.0. The number of carbonyl (C=O) groups is 2. The number of hydrogen-bond donors (Lipinski definition) is 1. The third kappa shape index (κ3) is 16.1. The first-order valence-electron chi connectivity index (χ1n) is 9.75. The Balaban J connectivity index is 3.87. The lowest BCUT2D eigenvalue weighted by atomic mass is 10.1. The van der Waals surface area contributed by atoms with Gasteiger partial charge < -0.3 is 9.47 Å². The molecule has 0 bridgehead atoms. The Morgan fingerprint density at radius 2 is 1.28 bits per heavy atom. The zero-order chi connectivity index (χ0) is 18.8. The van der Waals surface area contributed by atoms with Gasteiger partial charge in [-0.2, -0.15) is 0 Å². The van der Waals surface area contributed by atoms with Gasteiger partial charge >= 0.3 is 11.9 Å². The van der Waals surface area contributed by atoms with Crippen molar-refractivity contribution in [2.45, 2.75) is 97.0 Å². The zero-order valence-corrected chi connectivity index (χ0v) is 16.0. The van der Waals surface area contributed by atoms with Crippen LogP contribution in [0.2, 0.25) is 0 Å². The van der Waals surface area contributed by atoms with E-state index in [1.807, 2.05) is 0 Å². The first-order chi connectivity index (χ1) is 12.1. The molecule has 0 aliphatic heterocycles. The molecule has 0 saturated carbocycles. The maximum Gasteiger partial charge on any atom is 0.306 e. The number of hydrogen-bond acceptors (Lipinski definition) is 6. The summed E-state index contributed by atoms with van der Waals surface area (Å²) in [5, 5.41) is 8.58. The van der Waals surface area contributed by atoms with E-state index in [2.05, 4.69) is 18.7 Å². The molecular formula is C19H36O6. The van der Waals surface area contributed by atoms with Crippen LogP contribution in [0.25, 0.3) is 0 Å². The van der Waals surface area contributed by atoms with Crippen LogP contribution in [0.4, 0.5) is 0 Å². The average molecular weight is 360 g/mol. The van der Waals surface area contributed by atoms with Gasteiger partial charge in [-0.05, 0) is 12.8 Å². The molecular weight excluding hydrogens is 324 g/mol. The Kier molecular flexibility index (Phi) is 16.9. The third-order valence-corrected chi connectivity index (χ3v) is 3.96. The largest absolute Gasteiger partial charge is 0.462 e. The molecule has 0 rings (SSSR count). The first-order valence-corrected chi connectivity index (χ1v) is 9.75. The van der Waals surface area contributed by atoms with Crippen molar-refractivity contribution in [3.63, 3.8) is 0 Å². The molecule has 0 aromatic heterocycles. The molecule has 0 aromatic carbocycles. The summed E-state index contributed by atoms with van der Waals surface area (Å²) in [4.78, 5) is 27.5. The van der Waals surface area contributed by atoms with Crippen LogP contribution in [0.15, 0.2) is 0 Å². The van der Waals surface area contributed by atoms with Gasteiger partial charge in [-0.25, -0.2) is 4.89 Å². The van der Waals surface area contributed by atoms with Crippen molar-refractivity contribution in [1.29, 1.82) is 0 Å². The topological polar surface area (TPSA) is 82.1 Å². The van der Waals surface area contributed by atoms with Gasteiger partial charge in [0.2, 0.25) is 0 Å². The van der Waals surface area contributed by atoms with Crippen LogP contribution in [-0.2, 0) is 24.0 Å². The molecule has 6 nitrogen and oxygen atoms in total. The summed E-state index contributed by atoms with van der Waals surface area (Å²) in [6.07, 6.45) is 10.4. The van der Waals surface area contributed by atoms with E-state index in [9.17, 15) is 9.59 Å². The van der Waals surface area contributed by atoms with E-state index in [0.29, 0.717) is 12.8 Å². The maximum absolute atomic E-state index is 11.8. The van der Waals surface area contributed by atoms with E-state index in [4.69, 9.17) is 14.7 Å². The molecule has 0 spiro atoms. The Labute approximate surface area is 152 Å². The van der Waals surface area contributed by atoms with Crippen molar-refractivity contribution in [3.8, 4) is 0 Å². The van der Waals surface area contributed by atoms with Crippen molar-refractivity contribution < 1.29 is 29.2 Å². The number of rotatable bonds is 17. The fourth-order valence-corrected chi connectivity index (χ4v) is 2.45. The van der Waals surface area contributed by atoms with Crippen LogP contribution in [0.5, 0.6) is 0 Å². The molecule has 148 valence electrons. The summed E-state index contributed by atoms with van der Waals surface area (Å²) in [6, 6.07) is 0. The van der Waals surface area contributed by atoms with Crippen molar-refractivity contribution >= 4 is 11.9 Å². The predicted octanol–water partition coefficient (Wildman–Crippen LogP) is 4.65. The molecule has 1 unspecified atom stereocenters. The number of ether oxygens (including phenoxy) is 2. The predicted molar refractivity (Wildman–Crippen MR) is 96.2 cm³/mol. The van der Waals surface area contributed by atoms with E-state index in [-0.39, 0.29) is 25.2 Å². The van der Waals surface area contributed by atoms with Gasteiger partial charge in [0.1, 0.15) is 13.2 Å². The summed E-state index contributed by atoms with van der Waals surface area (Å²) >= 11 is 0. The second kappa shape index (κ2) is 17.7. The number of carbonyl (C=O) groups excluding carboxylic acids is 2. The fraction of sp³-hybridized carbons (Fsp3) is 0.895. The minimum absolute atomic E-state index is 0.0874. The molecule has 0 aliphatic rings. The molecule has 0 radical (unpaired) electrons. The van der Waals surface area contributed by atoms with Gasteiger partial charge in [0, 0.05) is 12.8 Å². The quantitative estimate of drug-likeness (QED) is 0.176. The van der Waals surface area contributed by atoms with Crippen LogP contribution < -0.4 is 0 Å². The maximum atomic E-state index is 11.8. The van der Waals surface area contributed by atoms with Crippen LogP contribution in [0, 0.1) is 0 Å². The first kappa shape index (κ1) is 23.9. The smallest absolute Gasteiger partial charge is 0.306 e. The van der Waals surface area contributed by atoms with E-state index < -0.39 is 6.10 Å². The van der Waals surface area contributed by atoms with Gasteiger partial charge in [-0.3, -0.25) is 14.8 Å². The lowest BCUT2D eigenvalue weighted by molar-refractivity contribution is -0.261. The Hall–Kier alpha value is -1.14. The number of esters is 2. The third-order valence-electron chi connectivity index (χ3n) is 3.96. The summed E-state index contributed by atoms with van der Waals surface area (Å²) in [5.41, 5.74) is 0. The van der Waals surface area contributed by atoms with E-state index in [1.165, 1.54) is 12.8 Å². The van der Waals surface area contributed by atoms with E-state index in [0.717, 1.165) is 51.4 Å². The Morgan fingerprint density at radius 3 is 1.80 bits per heavy atom. The highest BCUT2D eigenvalue weighted by Gasteiger charge is 2.17. The van der Waals surface area contributed by atoms with Gasteiger partial charge in [0.05, 0.1) is 0 Å². The van der Waals surface area contributed by atoms with Crippen molar-refractivity contribution in [1.82, 2.24) is 0 Å². The second-order valence-corrected chi connectivity index (χ2v) is 6.42. The molecule has 0 aliphatic carbocycles. The van der Waals surface area contributed by atoms with Crippen molar-refractivity contribution in [2.24, 2.45) is 0 Å². The Bertz CT molecular complexity index is 332. The zero-order valence-electron chi connectivity index (χ0n) is 16.0. The molecule has 1 N–H and O–H groups in total. The summed E-state index contributed by atoms with van der Waals surface area (Å²) in [6.45, 7) is 3.99. The van der Waals surface area contributed by atoms with Gasteiger partial charge in [0.25, 0.3) is 0 Å². The van der Waals surface area contributed by atoms with Crippen LogP contribution >= 0.6 is 0 Å². The van der Waals surface area contributed by atoms with Crippen molar-refractivity contribution in [2.75, 3.05) is 13.2 Å². The van der Waals surface area contributed by atoms with Crippen molar-refractivity contribution in [3.05, 3.63) is 0 Å². The minimum Gasteiger partial charge on any atom is -0.462 e. The van der Waals surface area contributed by atoms with Gasteiger partial charge in [-0.15, -0.1) is 0 Å². The molecule has 0 amide bonds. The average Bonchev–Trinajstić information content (AvgIpc) is 2.59. The van der Waals surface area contributed by atoms with E-state index >= 15 is 0 Å². The lowest BCUT2D eigenvalue weighted by Gasteiger charge is -2.16. The highest BCUT2D eigenvalue weighted by atomic mass is 17.1. The lowest BCUT2D eigenvalue weighted by Crippen LogP contribution is -2.29. The summed E-state index contributed by atoms with van der Waals surface area (Å²) in [7, 11) is 0. The van der Waals surface area contributed by atoms with Gasteiger partial charge in [-0.1, -0.05) is 65.2 Å². The minimum atomic E-state index is -0.766. The molecule has 6 heteroatoms. The molecule has 25 heavy (non-hydrogen) atoms. The summed E-state index contributed by atoms with van der Waals surface area (Å²) in [5.74, 6) is -0.663. The second-order valence-electron chi connectivity index (χ2n) is 6.42. The van der Waals surface area contributed by atoms with Crippen LogP contribution in [0.3, 0.4) is 0 Å². The van der Waals surface area contributed by atoms with Gasteiger partial charge in [0.15, 0.2) is 6.10 Å². The molecule has 0 fully saturated rings.